The second-order valence-corrected chi connectivity index (χ2v) is 8.09. The normalized spacial score (nSPS) is 24.4. The van der Waals surface area contributed by atoms with Crippen LogP contribution in [0.5, 0.6) is 0 Å². The number of benzene rings is 1. The predicted molar refractivity (Wildman–Crippen MR) is 97.4 cm³/mol. The molecule has 3 aliphatic rings. The van der Waals surface area contributed by atoms with Crippen molar-refractivity contribution < 1.29 is 4.39 Å². The molecule has 3 fully saturated rings. The van der Waals surface area contributed by atoms with E-state index in [4.69, 9.17) is 11.5 Å². The van der Waals surface area contributed by atoms with Gasteiger partial charge in [-0.05, 0) is 38.2 Å². The molecule has 1 atom stereocenters. The Morgan fingerprint density at radius 3 is 2.64 bits per heavy atom. The van der Waals surface area contributed by atoms with E-state index in [2.05, 4.69) is 4.57 Å². The first kappa shape index (κ1) is 15.2. The van der Waals surface area contributed by atoms with Crippen molar-refractivity contribution in [2.45, 2.75) is 44.7 Å². The van der Waals surface area contributed by atoms with Crippen LogP contribution in [-0.2, 0) is 0 Å². The van der Waals surface area contributed by atoms with Gasteiger partial charge in [-0.2, -0.15) is 0 Å². The number of halogens is 1. The van der Waals surface area contributed by atoms with Gasteiger partial charge in [-0.15, -0.1) is 0 Å². The van der Waals surface area contributed by atoms with Crippen LogP contribution in [-0.4, -0.2) is 23.7 Å². The van der Waals surface area contributed by atoms with Crippen molar-refractivity contribution in [1.82, 2.24) is 4.57 Å². The molecule has 132 valence electrons. The Hall–Kier alpha value is -2.08. The molecule has 0 bridgehead atoms. The second kappa shape index (κ2) is 4.75. The van der Waals surface area contributed by atoms with E-state index in [0.717, 1.165) is 43.3 Å². The molecule has 2 aromatic rings. The van der Waals surface area contributed by atoms with Gasteiger partial charge >= 0.3 is 0 Å². The molecule has 2 saturated carbocycles. The zero-order valence-electron chi connectivity index (χ0n) is 14.4. The Balaban J connectivity index is 1.77. The minimum Gasteiger partial charge on any atom is -0.396 e. The first-order valence-corrected chi connectivity index (χ1v) is 9.06. The van der Waals surface area contributed by atoms with Gasteiger partial charge in [0.25, 0.3) is 0 Å². The van der Waals surface area contributed by atoms with Gasteiger partial charge in [-0.25, -0.2) is 4.39 Å². The average molecular weight is 342 g/mol. The van der Waals surface area contributed by atoms with Crippen LogP contribution in [0.2, 0.25) is 0 Å². The monoisotopic (exact) mass is 342 g/mol. The Morgan fingerprint density at radius 2 is 2.04 bits per heavy atom. The number of hydrogen-bond donors (Lipinski definition) is 2. The van der Waals surface area contributed by atoms with Crippen LogP contribution in [0.4, 0.5) is 15.8 Å². The zero-order chi connectivity index (χ0) is 17.5. The smallest absolute Gasteiger partial charge is 0.191 e. The van der Waals surface area contributed by atoms with Gasteiger partial charge in [-0.3, -0.25) is 4.79 Å². The molecular formula is C19H23FN4O. The van der Waals surface area contributed by atoms with Crippen molar-refractivity contribution in [3.63, 3.8) is 0 Å². The molecule has 1 aromatic carbocycles. The van der Waals surface area contributed by atoms with Gasteiger partial charge in [0.2, 0.25) is 0 Å². The quantitative estimate of drug-likeness (QED) is 0.821. The van der Waals surface area contributed by atoms with Crippen LogP contribution in [0, 0.1) is 18.2 Å². The summed E-state index contributed by atoms with van der Waals surface area (Å²) in [5.41, 5.74) is 14.5. The third-order valence-corrected chi connectivity index (χ3v) is 6.41. The van der Waals surface area contributed by atoms with E-state index < -0.39 is 5.82 Å². The van der Waals surface area contributed by atoms with E-state index in [1.165, 1.54) is 6.07 Å². The lowest BCUT2D eigenvalue weighted by Gasteiger charge is -2.25. The fourth-order valence-electron chi connectivity index (χ4n) is 4.59. The predicted octanol–water partition coefficient (Wildman–Crippen LogP) is 2.29. The summed E-state index contributed by atoms with van der Waals surface area (Å²) in [4.78, 5) is 14.5. The average Bonchev–Trinajstić information content (AvgIpc) is 3.46. The summed E-state index contributed by atoms with van der Waals surface area (Å²) in [5, 5.41) is 0.317. The molecule has 25 heavy (non-hydrogen) atoms. The molecule has 1 aromatic heterocycles. The standard InChI is InChI=1S/C19H23FN4O/c1-10-17-14(12(25)4-7-24(17)11-2-3-11)16(22)15(20)18(10)23-8-13(21)19(9-23)5-6-19/h4,7,11,13H,2-3,5-6,8-9,21-22H2,1H3/t13-/m1/s1. The van der Waals surface area contributed by atoms with E-state index in [1.807, 2.05) is 18.0 Å². The maximum atomic E-state index is 15.2. The van der Waals surface area contributed by atoms with Gasteiger partial charge in [0.15, 0.2) is 11.2 Å². The number of pyridine rings is 1. The van der Waals surface area contributed by atoms with E-state index in [9.17, 15) is 4.79 Å². The first-order valence-electron chi connectivity index (χ1n) is 9.06. The number of aromatic nitrogens is 1. The lowest BCUT2D eigenvalue weighted by atomic mass is 10.0. The van der Waals surface area contributed by atoms with Crippen LogP contribution in [0.15, 0.2) is 17.1 Å². The van der Waals surface area contributed by atoms with Crippen LogP contribution < -0.4 is 21.8 Å². The molecule has 5 nitrogen and oxygen atoms in total. The summed E-state index contributed by atoms with van der Waals surface area (Å²) in [6.07, 6.45) is 6.22. The van der Waals surface area contributed by atoms with E-state index in [-0.39, 0.29) is 22.6 Å². The molecule has 2 heterocycles. The number of rotatable bonds is 2. The van der Waals surface area contributed by atoms with Gasteiger partial charge in [0, 0.05) is 42.9 Å². The fraction of sp³-hybridized carbons (Fsp3) is 0.526. The Bertz CT molecular complexity index is 958. The van der Waals surface area contributed by atoms with Gasteiger partial charge in [0.05, 0.1) is 22.3 Å². The van der Waals surface area contributed by atoms with Gasteiger partial charge < -0.3 is 20.9 Å². The van der Waals surface area contributed by atoms with Crippen molar-refractivity contribution in [3.05, 3.63) is 33.9 Å². The van der Waals surface area contributed by atoms with Gasteiger partial charge in [0.1, 0.15) is 0 Å². The number of nitrogens with zero attached hydrogens (tertiary/aromatic N) is 2. The highest BCUT2D eigenvalue weighted by molar-refractivity contribution is 5.97. The van der Waals surface area contributed by atoms with Crippen molar-refractivity contribution in [2.24, 2.45) is 11.1 Å². The third-order valence-electron chi connectivity index (χ3n) is 6.41. The highest BCUT2D eigenvalue weighted by Crippen LogP contribution is 2.53. The minimum atomic E-state index is -0.472. The summed E-state index contributed by atoms with van der Waals surface area (Å²) >= 11 is 0. The summed E-state index contributed by atoms with van der Waals surface area (Å²) < 4.78 is 17.3. The molecule has 6 heteroatoms. The molecule has 0 unspecified atom stereocenters. The minimum absolute atomic E-state index is 0.0269. The van der Waals surface area contributed by atoms with Crippen molar-refractivity contribution in [2.75, 3.05) is 23.7 Å². The number of nitrogen functional groups attached to an aromatic ring is 1. The maximum absolute atomic E-state index is 15.2. The van der Waals surface area contributed by atoms with Crippen molar-refractivity contribution in [1.29, 1.82) is 0 Å². The molecule has 1 saturated heterocycles. The Morgan fingerprint density at radius 1 is 1.32 bits per heavy atom. The van der Waals surface area contributed by atoms with Crippen molar-refractivity contribution in [3.8, 4) is 0 Å². The number of aryl methyl sites for hydroxylation is 1. The SMILES string of the molecule is Cc1c(N2C[C@@H](N)C3(CC3)C2)c(F)c(N)c2c(=O)ccn(C3CC3)c12. The largest absolute Gasteiger partial charge is 0.396 e. The summed E-state index contributed by atoms with van der Waals surface area (Å²) in [6, 6.07) is 1.96. The van der Waals surface area contributed by atoms with Crippen molar-refractivity contribution >= 4 is 22.3 Å². The van der Waals surface area contributed by atoms with Crippen LogP contribution >= 0.6 is 0 Å². The number of nitrogens with two attached hydrogens (primary N) is 2. The molecule has 0 amide bonds. The van der Waals surface area contributed by atoms with E-state index >= 15 is 4.39 Å². The molecule has 5 rings (SSSR count). The second-order valence-electron chi connectivity index (χ2n) is 8.09. The maximum Gasteiger partial charge on any atom is 0.191 e. The molecule has 2 aliphatic carbocycles. The molecular weight excluding hydrogens is 319 g/mol. The summed E-state index contributed by atoms with van der Waals surface area (Å²) in [7, 11) is 0. The lowest BCUT2D eigenvalue weighted by Crippen LogP contribution is -2.30. The molecule has 4 N–H and O–H groups in total. The number of hydrogen-bond acceptors (Lipinski definition) is 4. The van der Waals surface area contributed by atoms with Crippen LogP contribution in [0.25, 0.3) is 10.9 Å². The Labute approximate surface area is 145 Å². The zero-order valence-corrected chi connectivity index (χ0v) is 14.4. The topological polar surface area (TPSA) is 77.3 Å². The number of fused-ring (bicyclic) bond motifs is 1. The van der Waals surface area contributed by atoms with Gasteiger partial charge in [-0.1, -0.05) is 0 Å². The first-order chi connectivity index (χ1) is 11.9. The summed E-state index contributed by atoms with van der Waals surface area (Å²) in [6.45, 7) is 3.32. The third kappa shape index (κ3) is 2.00. The summed E-state index contributed by atoms with van der Waals surface area (Å²) in [5.74, 6) is -0.472. The highest BCUT2D eigenvalue weighted by Gasteiger charge is 2.54. The Kier molecular flexibility index (Phi) is 2.89. The molecule has 1 spiro atoms. The highest BCUT2D eigenvalue weighted by atomic mass is 19.1. The molecule has 0 radical (unpaired) electrons. The van der Waals surface area contributed by atoms with Crippen LogP contribution in [0.3, 0.4) is 0 Å². The number of anilines is 2. The van der Waals surface area contributed by atoms with E-state index in [0.29, 0.717) is 23.7 Å². The fourth-order valence-corrected chi connectivity index (χ4v) is 4.59. The van der Waals surface area contributed by atoms with Crippen LogP contribution in [0.1, 0.15) is 37.3 Å². The van der Waals surface area contributed by atoms with E-state index in [1.54, 1.807) is 0 Å². The molecule has 1 aliphatic heterocycles. The lowest BCUT2D eigenvalue weighted by molar-refractivity contribution is 0.499.